The fraction of sp³-hybridized carbons (Fsp3) is 0.269. The molecule has 9 nitrogen and oxygen atoms in total. The summed E-state index contributed by atoms with van der Waals surface area (Å²) in [5, 5.41) is 2.57. The van der Waals surface area contributed by atoms with E-state index in [1.54, 1.807) is 12.1 Å². The van der Waals surface area contributed by atoms with Crippen LogP contribution < -0.4 is 25.6 Å². The van der Waals surface area contributed by atoms with Gasteiger partial charge >= 0.3 is 12.1 Å². The lowest BCUT2D eigenvalue weighted by Gasteiger charge is -2.29. The van der Waals surface area contributed by atoms with Crippen LogP contribution in [0.4, 0.5) is 40.4 Å². The first-order chi connectivity index (χ1) is 19.1. The summed E-state index contributed by atoms with van der Waals surface area (Å²) in [6.45, 7) is 2.57. The van der Waals surface area contributed by atoms with E-state index in [-0.39, 0.29) is 40.1 Å². The summed E-state index contributed by atoms with van der Waals surface area (Å²) in [4.78, 5) is 31.8. The molecule has 3 N–H and O–H groups in total. The summed E-state index contributed by atoms with van der Waals surface area (Å²) in [6.07, 6.45) is -4.32. The Morgan fingerprint density at radius 1 is 1.12 bits per heavy atom. The molecule has 1 saturated heterocycles. The van der Waals surface area contributed by atoms with Gasteiger partial charge in [-0.3, -0.25) is 14.5 Å². The molecule has 40 heavy (non-hydrogen) atoms. The summed E-state index contributed by atoms with van der Waals surface area (Å²) < 4.78 is 66.2. The Morgan fingerprint density at radius 2 is 1.88 bits per heavy atom. The van der Waals surface area contributed by atoms with E-state index in [1.807, 2.05) is 4.90 Å². The van der Waals surface area contributed by atoms with Crippen LogP contribution in [-0.2, 0) is 9.53 Å². The molecule has 0 radical (unpaired) electrons. The molecule has 2 aromatic carbocycles. The van der Waals surface area contributed by atoms with E-state index in [4.69, 9.17) is 26.8 Å². The zero-order valence-corrected chi connectivity index (χ0v) is 21.6. The number of carbonyl (C=O) groups is 2. The highest BCUT2D eigenvalue weighted by Gasteiger charge is 2.45. The van der Waals surface area contributed by atoms with Gasteiger partial charge in [0.1, 0.15) is 24.0 Å². The van der Waals surface area contributed by atoms with Crippen LogP contribution in [0.5, 0.6) is 5.75 Å². The number of carbonyl (C=O) groups excluding carboxylic acids is 2. The molecule has 2 amide bonds. The average molecular weight is 582 g/mol. The van der Waals surface area contributed by atoms with Crippen molar-refractivity contribution >= 4 is 46.3 Å². The van der Waals surface area contributed by atoms with Crippen molar-refractivity contribution < 1.29 is 36.6 Å². The Balaban J connectivity index is 1.72. The third-order valence-corrected chi connectivity index (χ3v) is 6.02. The van der Waals surface area contributed by atoms with E-state index in [0.717, 1.165) is 30.1 Å². The maximum Gasteiger partial charge on any atom is 0.472 e. The minimum Gasteiger partial charge on any atom is -0.491 e. The molecule has 2 heterocycles. The molecule has 0 atom stereocenters. The lowest BCUT2D eigenvalue weighted by molar-refractivity contribution is -0.169. The Kier molecular flexibility index (Phi) is 9.07. The van der Waals surface area contributed by atoms with Gasteiger partial charge in [-0.2, -0.15) is 13.2 Å². The van der Waals surface area contributed by atoms with Crippen molar-refractivity contribution in [2.75, 3.05) is 54.6 Å². The maximum absolute atomic E-state index is 14.3. The molecule has 1 aliphatic heterocycles. The van der Waals surface area contributed by atoms with E-state index in [1.165, 1.54) is 12.1 Å². The number of pyridine rings is 1. The molecular weight excluding hydrogens is 558 g/mol. The van der Waals surface area contributed by atoms with Crippen LogP contribution in [0.15, 0.2) is 54.7 Å². The van der Waals surface area contributed by atoms with E-state index < -0.39 is 35.3 Å². The first-order valence-corrected chi connectivity index (χ1v) is 12.4. The van der Waals surface area contributed by atoms with Crippen molar-refractivity contribution in [3.8, 4) is 5.75 Å². The Morgan fingerprint density at radius 3 is 2.52 bits per heavy atom. The molecule has 1 aromatic heterocycles. The number of rotatable bonds is 8. The predicted octanol–water partition coefficient (Wildman–Crippen LogP) is 4.53. The highest BCUT2D eigenvalue weighted by molar-refractivity contribution is 6.30. The molecule has 14 heteroatoms. The summed E-state index contributed by atoms with van der Waals surface area (Å²) in [7, 11) is 0. The molecular formula is C26H24ClF4N5O4. The van der Waals surface area contributed by atoms with Gasteiger partial charge < -0.3 is 25.4 Å². The van der Waals surface area contributed by atoms with Crippen molar-refractivity contribution in [3.63, 3.8) is 0 Å². The predicted molar refractivity (Wildman–Crippen MR) is 141 cm³/mol. The molecule has 3 aromatic rings. The van der Waals surface area contributed by atoms with E-state index in [2.05, 4.69) is 10.3 Å². The van der Waals surface area contributed by atoms with Gasteiger partial charge in [-0.15, -0.1) is 0 Å². The largest absolute Gasteiger partial charge is 0.491 e. The number of nitrogens with one attached hydrogen (secondary N) is 1. The standard InChI is InChI=1S/C26H24ClF4N5O4/c27-16-1-6-23(33-15-16)36(25(38)26(29,30)31)21-13-17(28)2-5-20(21)34-24(37)19-4-3-18(14-22(19)40-10-7-32)35-8-11-39-12-9-35/h1-6,13-15H,7-12,32H2,(H,34,37). The molecule has 1 aliphatic rings. The van der Waals surface area contributed by atoms with Crippen LogP contribution in [0, 0.1) is 5.82 Å². The Hall–Kier alpha value is -3.94. The minimum atomic E-state index is -5.35. The third kappa shape index (κ3) is 6.79. The van der Waals surface area contributed by atoms with Crippen LogP contribution >= 0.6 is 11.6 Å². The maximum atomic E-state index is 14.3. The van der Waals surface area contributed by atoms with Crippen molar-refractivity contribution in [2.45, 2.75) is 6.18 Å². The van der Waals surface area contributed by atoms with Crippen molar-refractivity contribution in [3.05, 3.63) is 71.1 Å². The number of benzene rings is 2. The van der Waals surface area contributed by atoms with Crippen molar-refractivity contribution in [1.29, 1.82) is 0 Å². The normalized spacial score (nSPS) is 13.6. The molecule has 0 unspecified atom stereocenters. The summed E-state index contributed by atoms with van der Waals surface area (Å²) in [5.74, 6) is -4.40. The quantitative estimate of drug-likeness (QED) is 0.376. The van der Waals surface area contributed by atoms with E-state index in [0.29, 0.717) is 32.4 Å². The van der Waals surface area contributed by atoms with E-state index >= 15 is 0 Å². The molecule has 4 rings (SSSR count). The first-order valence-electron chi connectivity index (χ1n) is 12.0. The SMILES string of the molecule is NCCOc1cc(N2CCOCC2)ccc1C(=O)Nc1ccc(F)cc1N(C(=O)C(F)(F)F)c1ccc(Cl)cn1. The Labute approximate surface area is 231 Å². The highest BCUT2D eigenvalue weighted by Crippen LogP contribution is 2.37. The molecule has 0 aliphatic carbocycles. The number of hydrogen-bond donors (Lipinski definition) is 2. The third-order valence-electron chi connectivity index (χ3n) is 5.80. The van der Waals surface area contributed by atoms with Crippen molar-refractivity contribution in [2.24, 2.45) is 5.73 Å². The van der Waals surface area contributed by atoms with Gasteiger partial charge in [-0.25, -0.2) is 9.37 Å². The van der Waals surface area contributed by atoms with E-state index in [9.17, 15) is 27.2 Å². The fourth-order valence-electron chi connectivity index (χ4n) is 3.95. The van der Waals surface area contributed by atoms with Crippen LogP contribution in [0.3, 0.4) is 0 Å². The number of nitrogens with two attached hydrogens (primary N) is 1. The zero-order valence-electron chi connectivity index (χ0n) is 20.9. The average Bonchev–Trinajstić information content (AvgIpc) is 2.94. The molecule has 0 spiro atoms. The second-order valence-electron chi connectivity index (χ2n) is 8.51. The van der Waals surface area contributed by atoms with Crippen LogP contribution in [-0.4, -0.2) is 62.4 Å². The van der Waals surface area contributed by atoms with Gasteiger partial charge in [0.05, 0.1) is 35.2 Å². The molecule has 1 fully saturated rings. The number of amides is 2. The van der Waals surface area contributed by atoms with Crippen LogP contribution in [0.2, 0.25) is 5.02 Å². The number of morpholine rings is 1. The number of aromatic nitrogens is 1. The van der Waals surface area contributed by atoms with Crippen LogP contribution in [0.25, 0.3) is 0 Å². The summed E-state index contributed by atoms with van der Waals surface area (Å²) in [6, 6.07) is 9.77. The lowest BCUT2D eigenvalue weighted by Crippen LogP contribution is -2.39. The number of anilines is 4. The monoisotopic (exact) mass is 581 g/mol. The summed E-state index contributed by atoms with van der Waals surface area (Å²) >= 11 is 5.80. The second kappa shape index (κ2) is 12.5. The van der Waals surface area contributed by atoms with Gasteiger partial charge in [0.2, 0.25) is 0 Å². The zero-order chi connectivity index (χ0) is 28.9. The smallest absolute Gasteiger partial charge is 0.472 e. The molecule has 0 saturated carbocycles. The number of alkyl halides is 3. The molecule has 0 bridgehead atoms. The number of hydrogen-bond acceptors (Lipinski definition) is 7. The van der Waals surface area contributed by atoms with Gasteiger partial charge in [0, 0.05) is 43.7 Å². The van der Waals surface area contributed by atoms with Gasteiger partial charge in [0.25, 0.3) is 5.91 Å². The number of halogens is 5. The van der Waals surface area contributed by atoms with Gasteiger partial charge in [0.15, 0.2) is 0 Å². The lowest BCUT2D eigenvalue weighted by atomic mass is 10.1. The minimum absolute atomic E-state index is 0.0408. The summed E-state index contributed by atoms with van der Waals surface area (Å²) in [5.41, 5.74) is 5.49. The topological polar surface area (TPSA) is 110 Å². The molecule has 212 valence electrons. The second-order valence-corrected chi connectivity index (χ2v) is 8.94. The fourth-order valence-corrected chi connectivity index (χ4v) is 4.07. The van der Waals surface area contributed by atoms with Gasteiger partial charge in [-0.05, 0) is 36.4 Å². The van der Waals surface area contributed by atoms with Crippen molar-refractivity contribution in [1.82, 2.24) is 4.98 Å². The van der Waals surface area contributed by atoms with Gasteiger partial charge in [-0.1, -0.05) is 11.6 Å². The van der Waals surface area contributed by atoms with Crippen LogP contribution in [0.1, 0.15) is 10.4 Å². The first kappa shape index (κ1) is 29.1. The number of ether oxygens (including phenoxy) is 2. The Bertz CT molecular complexity index is 1370. The number of nitrogens with zero attached hydrogens (tertiary/aromatic N) is 3. The highest BCUT2D eigenvalue weighted by atomic mass is 35.5.